The second-order valence-corrected chi connectivity index (χ2v) is 5.65. The summed E-state index contributed by atoms with van der Waals surface area (Å²) in [5.74, 6) is -0.438. The van der Waals surface area contributed by atoms with Crippen molar-refractivity contribution in [2.75, 3.05) is 12.3 Å². The minimum atomic E-state index is -0.237. The Balaban J connectivity index is 1.82. The maximum absolute atomic E-state index is 12.3. The Morgan fingerprint density at radius 2 is 1.62 bits per heavy atom. The first kappa shape index (κ1) is 15.5. The number of carbonyl (C=O) groups excluding carboxylic acids is 2. The lowest BCUT2D eigenvalue weighted by Gasteiger charge is -2.13. The standard InChI is InChI=1S/C17H24N2O2/c1-2-3-4-5-6-7-8-12-19-16(20)13-10-9-11-14(18)15(13)17(19)21/h9-11H,2-8,12,18H2,1H3. The quantitative estimate of drug-likeness (QED) is 0.451. The number of rotatable bonds is 8. The molecule has 2 amide bonds. The van der Waals surface area contributed by atoms with Crippen LogP contribution in [0, 0.1) is 0 Å². The van der Waals surface area contributed by atoms with Crippen LogP contribution < -0.4 is 5.73 Å². The van der Waals surface area contributed by atoms with Gasteiger partial charge in [-0.25, -0.2) is 0 Å². The lowest BCUT2D eigenvalue weighted by Crippen LogP contribution is -2.30. The summed E-state index contributed by atoms with van der Waals surface area (Å²) in [6, 6.07) is 5.06. The molecule has 2 N–H and O–H groups in total. The van der Waals surface area contributed by atoms with Gasteiger partial charge >= 0.3 is 0 Å². The number of fused-ring (bicyclic) bond motifs is 1. The predicted molar refractivity (Wildman–Crippen MR) is 84.2 cm³/mol. The highest BCUT2D eigenvalue weighted by Crippen LogP contribution is 2.27. The third-order valence-electron chi connectivity index (χ3n) is 4.02. The molecule has 21 heavy (non-hydrogen) atoms. The molecule has 0 saturated carbocycles. The average molecular weight is 288 g/mol. The van der Waals surface area contributed by atoms with Gasteiger partial charge in [-0.3, -0.25) is 14.5 Å². The highest BCUT2D eigenvalue weighted by Gasteiger charge is 2.36. The zero-order chi connectivity index (χ0) is 15.2. The molecule has 2 rings (SSSR count). The number of amides is 2. The normalized spacial score (nSPS) is 13.9. The first-order valence-corrected chi connectivity index (χ1v) is 7.91. The van der Waals surface area contributed by atoms with Crippen molar-refractivity contribution < 1.29 is 9.59 Å². The highest BCUT2D eigenvalue weighted by atomic mass is 16.2. The molecule has 114 valence electrons. The first-order valence-electron chi connectivity index (χ1n) is 7.91. The molecule has 1 heterocycles. The van der Waals surface area contributed by atoms with Gasteiger partial charge in [0.2, 0.25) is 0 Å². The van der Waals surface area contributed by atoms with Gasteiger partial charge in [0, 0.05) is 12.2 Å². The van der Waals surface area contributed by atoms with Gasteiger partial charge in [0.1, 0.15) is 0 Å². The third kappa shape index (κ3) is 3.43. The summed E-state index contributed by atoms with van der Waals surface area (Å²) >= 11 is 0. The molecule has 0 atom stereocenters. The Morgan fingerprint density at radius 1 is 0.952 bits per heavy atom. The van der Waals surface area contributed by atoms with E-state index < -0.39 is 0 Å². The molecule has 0 saturated heterocycles. The number of hydrogen-bond acceptors (Lipinski definition) is 3. The molecular weight excluding hydrogens is 264 g/mol. The van der Waals surface area contributed by atoms with Crippen LogP contribution >= 0.6 is 0 Å². The summed E-state index contributed by atoms with van der Waals surface area (Å²) in [5, 5.41) is 0. The van der Waals surface area contributed by atoms with Crippen LogP contribution in [0.3, 0.4) is 0 Å². The van der Waals surface area contributed by atoms with Gasteiger partial charge in [0.15, 0.2) is 0 Å². The van der Waals surface area contributed by atoms with Crippen LogP contribution in [0.4, 0.5) is 5.69 Å². The maximum atomic E-state index is 12.3. The SMILES string of the molecule is CCCCCCCCCN1C(=O)c2cccc(N)c2C1=O. The van der Waals surface area contributed by atoms with E-state index >= 15 is 0 Å². The van der Waals surface area contributed by atoms with E-state index in [1.54, 1.807) is 18.2 Å². The number of nitrogen functional groups attached to an aromatic ring is 1. The van der Waals surface area contributed by atoms with Gasteiger partial charge in [0.05, 0.1) is 11.1 Å². The fourth-order valence-electron chi connectivity index (χ4n) is 2.79. The maximum Gasteiger partial charge on any atom is 0.263 e. The third-order valence-corrected chi connectivity index (χ3v) is 4.02. The largest absolute Gasteiger partial charge is 0.398 e. The van der Waals surface area contributed by atoms with E-state index in [1.165, 1.54) is 37.0 Å². The van der Waals surface area contributed by atoms with Crippen LogP contribution in [0.15, 0.2) is 18.2 Å². The number of nitrogens with zero attached hydrogens (tertiary/aromatic N) is 1. The molecule has 1 aromatic rings. The van der Waals surface area contributed by atoms with Gasteiger partial charge in [-0.15, -0.1) is 0 Å². The summed E-state index contributed by atoms with van der Waals surface area (Å²) in [5.41, 5.74) is 7.03. The van der Waals surface area contributed by atoms with Crippen LogP contribution in [0.1, 0.15) is 72.6 Å². The van der Waals surface area contributed by atoms with Crippen molar-refractivity contribution in [3.63, 3.8) is 0 Å². The Bertz CT molecular complexity index is 526. The van der Waals surface area contributed by atoms with E-state index in [-0.39, 0.29) is 11.8 Å². The van der Waals surface area contributed by atoms with Crippen LogP contribution in [0.5, 0.6) is 0 Å². The molecule has 0 spiro atoms. The van der Waals surface area contributed by atoms with Gasteiger partial charge in [-0.1, -0.05) is 51.5 Å². The average Bonchev–Trinajstić information content (AvgIpc) is 2.72. The second-order valence-electron chi connectivity index (χ2n) is 5.65. The summed E-state index contributed by atoms with van der Waals surface area (Å²) in [6.45, 7) is 2.70. The number of anilines is 1. The highest BCUT2D eigenvalue weighted by molar-refractivity contribution is 6.23. The second kappa shape index (κ2) is 7.25. The number of benzene rings is 1. The fraction of sp³-hybridized carbons (Fsp3) is 0.529. The summed E-state index contributed by atoms with van der Waals surface area (Å²) < 4.78 is 0. The number of unbranched alkanes of at least 4 members (excludes halogenated alkanes) is 6. The predicted octanol–water partition coefficient (Wildman–Crippen LogP) is 3.62. The zero-order valence-electron chi connectivity index (χ0n) is 12.7. The molecule has 0 aromatic heterocycles. The van der Waals surface area contributed by atoms with Crippen LogP contribution in [-0.4, -0.2) is 23.3 Å². The number of nitrogens with two attached hydrogens (primary N) is 1. The smallest absolute Gasteiger partial charge is 0.263 e. The molecule has 0 fully saturated rings. The molecule has 1 aliphatic rings. The van der Waals surface area contributed by atoms with Gasteiger partial charge in [0.25, 0.3) is 11.8 Å². The molecule has 1 aromatic carbocycles. The minimum Gasteiger partial charge on any atom is -0.398 e. The number of imide groups is 1. The van der Waals surface area contributed by atoms with Gasteiger partial charge in [-0.2, -0.15) is 0 Å². The van der Waals surface area contributed by atoms with Crippen molar-refractivity contribution in [3.05, 3.63) is 29.3 Å². The van der Waals surface area contributed by atoms with Crippen molar-refractivity contribution in [2.45, 2.75) is 51.9 Å². The van der Waals surface area contributed by atoms with Crippen molar-refractivity contribution in [1.29, 1.82) is 0 Å². The van der Waals surface area contributed by atoms with E-state index in [2.05, 4.69) is 6.92 Å². The summed E-state index contributed by atoms with van der Waals surface area (Å²) in [7, 11) is 0. The van der Waals surface area contributed by atoms with Gasteiger partial charge in [-0.05, 0) is 18.6 Å². The van der Waals surface area contributed by atoms with E-state index in [0.717, 1.165) is 12.8 Å². The van der Waals surface area contributed by atoms with Crippen molar-refractivity contribution in [3.8, 4) is 0 Å². The molecule has 0 bridgehead atoms. The molecule has 4 nitrogen and oxygen atoms in total. The topological polar surface area (TPSA) is 63.4 Å². The molecule has 0 unspecified atom stereocenters. The monoisotopic (exact) mass is 288 g/mol. The summed E-state index contributed by atoms with van der Waals surface area (Å²) in [4.78, 5) is 25.8. The first-order chi connectivity index (χ1) is 10.2. The Kier molecular flexibility index (Phi) is 5.37. The minimum absolute atomic E-state index is 0.201. The Morgan fingerprint density at radius 3 is 2.29 bits per heavy atom. The van der Waals surface area contributed by atoms with Crippen LogP contribution in [0.2, 0.25) is 0 Å². The molecule has 1 aliphatic heterocycles. The Hall–Kier alpha value is -1.84. The van der Waals surface area contributed by atoms with Crippen molar-refractivity contribution in [2.24, 2.45) is 0 Å². The molecule has 0 radical (unpaired) electrons. The summed E-state index contributed by atoms with van der Waals surface area (Å²) in [6.07, 6.45) is 8.16. The van der Waals surface area contributed by atoms with E-state index in [1.807, 2.05) is 0 Å². The van der Waals surface area contributed by atoms with Crippen LogP contribution in [-0.2, 0) is 0 Å². The lowest BCUT2D eigenvalue weighted by atomic mass is 10.1. The van der Waals surface area contributed by atoms with E-state index in [0.29, 0.717) is 23.4 Å². The number of hydrogen-bond donors (Lipinski definition) is 1. The Labute approximate surface area is 126 Å². The zero-order valence-corrected chi connectivity index (χ0v) is 12.7. The number of carbonyl (C=O) groups is 2. The lowest BCUT2D eigenvalue weighted by molar-refractivity contribution is 0.0652. The van der Waals surface area contributed by atoms with Crippen molar-refractivity contribution in [1.82, 2.24) is 4.90 Å². The molecular formula is C17H24N2O2. The van der Waals surface area contributed by atoms with Crippen molar-refractivity contribution >= 4 is 17.5 Å². The molecule has 4 heteroatoms. The van der Waals surface area contributed by atoms with Crippen LogP contribution in [0.25, 0.3) is 0 Å². The van der Waals surface area contributed by atoms with E-state index in [9.17, 15) is 9.59 Å². The van der Waals surface area contributed by atoms with Gasteiger partial charge < -0.3 is 5.73 Å². The van der Waals surface area contributed by atoms with E-state index in [4.69, 9.17) is 5.73 Å². The fourth-order valence-corrected chi connectivity index (χ4v) is 2.79. The molecule has 0 aliphatic carbocycles.